The van der Waals surface area contributed by atoms with Gasteiger partial charge in [-0.2, -0.15) is 5.26 Å². The standard InChI is InChI=1S/C17H11N3O/c1-11-19-15-5-3-2-4-14(15)16(20-11)17(21)13-8-6-12(10-18)7-9-13/h2-9H,1H3. The van der Waals surface area contributed by atoms with Gasteiger partial charge in [0.15, 0.2) is 0 Å². The number of ketones is 1. The molecular formula is C17H11N3O. The van der Waals surface area contributed by atoms with Crippen LogP contribution in [0.25, 0.3) is 10.9 Å². The second kappa shape index (κ2) is 5.14. The molecule has 0 unspecified atom stereocenters. The highest BCUT2D eigenvalue weighted by Gasteiger charge is 2.15. The molecule has 100 valence electrons. The van der Waals surface area contributed by atoms with E-state index in [9.17, 15) is 4.79 Å². The normalized spacial score (nSPS) is 10.3. The summed E-state index contributed by atoms with van der Waals surface area (Å²) in [6.07, 6.45) is 0. The zero-order chi connectivity index (χ0) is 14.8. The molecule has 0 amide bonds. The molecule has 0 aliphatic carbocycles. The van der Waals surface area contributed by atoms with Crippen molar-refractivity contribution in [2.75, 3.05) is 0 Å². The van der Waals surface area contributed by atoms with E-state index in [0.717, 1.165) is 10.9 Å². The van der Waals surface area contributed by atoms with E-state index in [-0.39, 0.29) is 5.78 Å². The summed E-state index contributed by atoms with van der Waals surface area (Å²) in [4.78, 5) is 21.3. The first kappa shape index (κ1) is 12.9. The summed E-state index contributed by atoms with van der Waals surface area (Å²) in [6, 6.07) is 16.0. The Bertz CT molecular complexity index is 877. The van der Waals surface area contributed by atoms with Crippen molar-refractivity contribution in [2.45, 2.75) is 6.92 Å². The van der Waals surface area contributed by atoms with Crippen molar-refractivity contribution >= 4 is 16.7 Å². The molecule has 2 aromatic carbocycles. The monoisotopic (exact) mass is 273 g/mol. The van der Waals surface area contributed by atoms with Crippen molar-refractivity contribution in [3.05, 3.63) is 71.2 Å². The Labute approximate surface area is 121 Å². The number of para-hydroxylation sites is 1. The molecule has 0 saturated carbocycles. The van der Waals surface area contributed by atoms with Gasteiger partial charge in [0.05, 0.1) is 17.1 Å². The van der Waals surface area contributed by atoms with Crippen LogP contribution in [0.4, 0.5) is 0 Å². The Morgan fingerprint density at radius 1 is 1.05 bits per heavy atom. The number of hydrogen-bond donors (Lipinski definition) is 0. The average molecular weight is 273 g/mol. The number of nitriles is 1. The number of aryl methyl sites for hydroxylation is 1. The lowest BCUT2D eigenvalue weighted by molar-refractivity contribution is 0.103. The smallest absolute Gasteiger partial charge is 0.212 e. The number of carbonyl (C=O) groups excluding carboxylic acids is 1. The zero-order valence-corrected chi connectivity index (χ0v) is 11.4. The molecule has 0 spiro atoms. The highest BCUT2D eigenvalue weighted by molar-refractivity contribution is 6.14. The fourth-order valence-corrected chi connectivity index (χ4v) is 2.20. The number of fused-ring (bicyclic) bond motifs is 1. The van der Waals surface area contributed by atoms with Crippen LogP contribution >= 0.6 is 0 Å². The SMILES string of the molecule is Cc1nc(C(=O)c2ccc(C#N)cc2)c2ccccc2n1. The van der Waals surface area contributed by atoms with Gasteiger partial charge in [-0.3, -0.25) is 4.79 Å². The summed E-state index contributed by atoms with van der Waals surface area (Å²) >= 11 is 0. The maximum atomic E-state index is 12.6. The number of rotatable bonds is 2. The van der Waals surface area contributed by atoms with Gasteiger partial charge < -0.3 is 0 Å². The van der Waals surface area contributed by atoms with Gasteiger partial charge in [0.2, 0.25) is 5.78 Å². The number of aromatic nitrogens is 2. The molecular weight excluding hydrogens is 262 g/mol. The van der Waals surface area contributed by atoms with Gasteiger partial charge in [-0.25, -0.2) is 9.97 Å². The maximum Gasteiger partial charge on any atom is 0.212 e. The highest BCUT2D eigenvalue weighted by atomic mass is 16.1. The molecule has 0 fully saturated rings. The number of carbonyl (C=O) groups is 1. The number of benzene rings is 2. The molecule has 0 aliphatic heterocycles. The molecule has 0 aliphatic rings. The fourth-order valence-electron chi connectivity index (χ4n) is 2.20. The van der Waals surface area contributed by atoms with Gasteiger partial charge in [0, 0.05) is 10.9 Å². The van der Waals surface area contributed by atoms with Gasteiger partial charge in [-0.15, -0.1) is 0 Å². The van der Waals surface area contributed by atoms with Gasteiger partial charge in [-0.1, -0.05) is 18.2 Å². The van der Waals surface area contributed by atoms with Crippen LogP contribution in [0.2, 0.25) is 0 Å². The summed E-state index contributed by atoms with van der Waals surface area (Å²) in [5, 5.41) is 9.54. The molecule has 4 heteroatoms. The van der Waals surface area contributed by atoms with Gasteiger partial charge in [0.1, 0.15) is 11.5 Å². The van der Waals surface area contributed by atoms with Crippen molar-refractivity contribution in [3.63, 3.8) is 0 Å². The molecule has 1 heterocycles. The molecule has 0 bridgehead atoms. The van der Waals surface area contributed by atoms with Crippen LogP contribution in [0.15, 0.2) is 48.5 Å². The fraction of sp³-hybridized carbons (Fsp3) is 0.0588. The van der Waals surface area contributed by atoms with Crippen LogP contribution in [-0.2, 0) is 0 Å². The second-order valence-corrected chi connectivity index (χ2v) is 4.65. The molecule has 0 N–H and O–H groups in total. The van der Waals surface area contributed by atoms with Crippen LogP contribution in [0.3, 0.4) is 0 Å². The van der Waals surface area contributed by atoms with Crippen LogP contribution in [0, 0.1) is 18.3 Å². The van der Waals surface area contributed by atoms with Crippen LogP contribution in [0.1, 0.15) is 27.4 Å². The molecule has 1 aromatic heterocycles. The van der Waals surface area contributed by atoms with E-state index in [0.29, 0.717) is 22.6 Å². The Kier molecular flexibility index (Phi) is 3.17. The quantitative estimate of drug-likeness (QED) is 0.673. The molecule has 4 nitrogen and oxygen atoms in total. The molecule has 3 rings (SSSR count). The lowest BCUT2D eigenvalue weighted by atomic mass is 10.0. The van der Waals surface area contributed by atoms with Crippen molar-refractivity contribution in [1.29, 1.82) is 5.26 Å². The minimum Gasteiger partial charge on any atom is -0.287 e. The van der Waals surface area contributed by atoms with Crippen LogP contribution in [0.5, 0.6) is 0 Å². The van der Waals surface area contributed by atoms with Crippen LogP contribution in [-0.4, -0.2) is 15.8 Å². The van der Waals surface area contributed by atoms with E-state index in [1.54, 1.807) is 31.2 Å². The second-order valence-electron chi connectivity index (χ2n) is 4.65. The van der Waals surface area contributed by atoms with E-state index in [2.05, 4.69) is 9.97 Å². The van der Waals surface area contributed by atoms with Gasteiger partial charge in [-0.05, 0) is 37.3 Å². The Hall–Kier alpha value is -3.06. The van der Waals surface area contributed by atoms with Crippen molar-refractivity contribution in [1.82, 2.24) is 9.97 Å². The van der Waals surface area contributed by atoms with E-state index >= 15 is 0 Å². The highest BCUT2D eigenvalue weighted by Crippen LogP contribution is 2.19. The lowest BCUT2D eigenvalue weighted by Gasteiger charge is -2.06. The topological polar surface area (TPSA) is 66.6 Å². The summed E-state index contributed by atoms with van der Waals surface area (Å²) in [5.41, 5.74) is 2.18. The third-order valence-corrected chi connectivity index (χ3v) is 3.21. The molecule has 0 saturated heterocycles. The minimum atomic E-state index is -0.166. The van der Waals surface area contributed by atoms with E-state index in [4.69, 9.17) is 5.26 Å². The summed E-state index contributed by atoms with van der Waals surface area (Å²) in [5.74, 6) is 0.395. The summed E-state index contributed by atoms with van der Waals surface area (Å²) < 4.78 is 0. The van der Waals surface area contributed by atoms with Gasteiger partial charge >= 0.3 is 0 Å². The third kappa shape index (κ3) is 2.37. The van der Waals surface area contributed by atoms with E-state index < -0.39 is 0 Å². The van der Waals surface area contributed by atoms with E-state index in [1.165, 1.54) is 0 Å². The molecule has 21 heavy (non-hydrogen) atoms. The van der Waals surface area contributed by atoms with Crippen molar-refractivity contribution < 1.29 is 4.79 Å². The first-order valence-corrected chi connectivity index (χ1v) is 6.47. The number of hydrogen-bond acceptors (Lipinski definition) is 4. The summed E-state index contributed by atoms with van der Waals surface area (Å²) in [7, 11) is 0. The van der Waals surface area contributed by atoms with Crippen molar-refractivity contribution in [2.24, 2.45) is 0 Å². The predicted octanol–water partition coefficient (Wildman–Crippen LogP) is 3.04. The van der Waals surface area contributed by atoms with Crippen molar-refractivity contribution in [3.8, 4) is 6.07 Å². The first-order chi connectivity index (χ1) is 10.2. The number of nitrogens with zero attached hydrogens (tertiary/aromatic N) is 3. The minimum absolute atomic E-state index is 0.166. The Morgan fingerprint density at radius 2 is 1.76 bits per heavy atom. The summed E-state index contributed by atoms with van der Waals surface area (Å²) in [6.45, 7) is 1.77. The third-order valence-electron chi connectivity index (χ3n) is 3.21. The first-order valence-electron chi connectivity index (χ1n) is 6.47. The van der Waals surface area contributed by atoms with Crippen LogP contribution < -0.4 is 0 Å². The predicted molar refractivity (Wildman–Crippen MR) is 78.9 cm³/mol. The van der Waals surface area contributed by atoms with E-state index in [1.807, 2.05) is 30.3 Å². The molecule has 3 aromatic rings. The largest absolute Gasteiger partial charge is 0.287 e. The lowest BCUT2D eigenvalue weighted by Crippen LogP contribution is -2.07. The zero-order valence-electron chi connectivity index (χ0n) is 11.4. The average Bonchev–Trinajstić information content (AvgIpc) is 2.53. The Morgan fingerprint density at radius 3 is 2.48 bits per heavy atom. The Balaban J connectivity index is 2.15. The van der Waals surface area contributed by atoms with Gasteiger partial charge in [0.25, 0.3) is 0 Å². The maximum absolute atomic E-state index is 12.6. The molecule has 0 atom stereocenters. The molecule has 0 radical (unpaired) electrons.